The van der Waals surface area contributed by atoms with Crippen molar-refractivity contribution in [2.75, 3.05) is 13.1 Å². The number of fused-ring (bicyclic) bond motifs is 4. The highest BCUT2D eigenvalue weighted by molar-refractivity contribution is 6.30. The topological polar surface area (TPSA) is 86.6 Å². The Morgan fingerprint density at radius 2 is 1.66 bits per heavy atom. The first-order chi connectivity index (χ1) is 19.9. The van der Waals surface area contributed by atoms with E-state index in [1.54, 1.807) is 0 Å². The van der Waals surface area contributed by atoms with Crippen molar-refractivity contribution in [1.29, 1.82) is 0 Å². The maximum Gasteiger partial charge on any atom is 0.303 e. The Bertz CT molecular complexity index is 1560. The number of piperidine rings is 2. The van der Waals surface area contributed by atoms with Crippen molar-refractivity contribution >= 4 is 34.5 Å². The van der Waals surface area contributed by atoms with Crippen molar-refractivity contribution in [2.45, 2.75) is 57.2 Å². The number of aliphatic carboxylic acids is 1. The number of piperazine rings is 1. The molecule has 7 nitrogen and oxygen atoms in total. The van der Waals surface area contributed by atoms with Gasteiger partial charge in [0.05, 0.1) is 22.4 Å². The first-order valence-electron chi connectivity index (χ1n) is 14.3. The first kappa shape index (κ1) is 27.4. The summed E-state index contributed by atoms with van der Waals surface area (Å²) in [6, 6.07) is 24.2. The highest BCUT2D eigenvalue weighted by Gasteiger charge is 2.41. The number of carboxylic acid groups (broad SMARTS) is 1. The van der Waals surface area contributed by atoms with Crippen molar-refractivity contribution in [2.24, 2.45) is 0 Å². The highest BCUT2D eigenvalue weighted by Crippen LogP contribution is 2.32. The molecule has 3 saturated heterocycles. The zero-order chi connectivity index (χ0) is 28.3. The number of carbonyl (C=O) groups is 2. The van der Waals surface area contributed by atoms with Crippen LogP contribution in [0, 0.1) is 0 Å². The number of aromatic nitrogens is 2. The lowest BCUT2D eigenvalue weighted by atomic mass is 9.89. The van der Waals surface area contributed by atoms with Crippen LogP contribution in [0.15, 0.2) is 72.8 Å². The molecule has 1 aromatic heterocycles. The summed E-state index contributed by atoms with van der Waals surface area (Å²) in [4.78, 5) is 39.3. The lowest BCUT2D eigenvalue weighted by Crippen LogP contribution is -2.63. The molecule has 1 amide bonds. The Morgan fingerprint density at radius 1 is 0.878 bits per heavy atom. The molecule has 0 aliphatic carbocycles. The summed E-state index contributed by atoms with van der Waals surface area (Å²) in [5.41, 5.74) is 5.79. The fourth-order valence-corrected chi connectivity index (χ4v) is 6.27. The molecule has 0 radical (unpaired) electrons. The van der Waals surface area contributed by atoms with Gasteiger partial charge in [0.1, 0.15) is 0 Å². The molecule has 41 heavy (non-hydrogen) atoms. The van der Waals surface area contributed by atoms with Gasteiger partial charge in [-0.3, -0.25) is 14.5 Å². The summed E-state index contributed by atoms with van der Waals surface area (Å²) in [7, 11) is 0. The van der Waals surface area contributed by atoms with Crippen LogP contribution in [0.3, 0.4) is 0 Å². The number of benzene rings is 3. The Balaban J connectivity index is 1.24. The average molecular weight is 569 g/mol. The smallest absolute Gasteiger partial charge is 0.303 e. The highest BCUT2D eigenvalue weighted by atomic mass is 35.5. The molecule has 3 aliphatic rings. The van der Waals surface area contributed by atoms with Crippen molar-refractivity contribution in [3.05, 3.63) is 94.6 Å². The Hall–Kier alpha value is -3.81. The number of hydrogen-bond donors (Lipinski definition) is 1. The zero-order valence-corrected chi connectivity index (χ0v) is 23.6. The molecule has 4 aromatic rings. The second kappa shape index (κ2) is 12.0. The third-order valence-corrected chi connectivity index (χ3v) is 8.54. The number of carbonyl (C=O) groups excluding carboxylic acids is 1. The van der Waals surface area contributed by atoms with Gasteiger partial charge in [-0.2, -0.15) is 0 Å². The molecule has 3 aliphatic heterocycles. The van der Waals surface area contributed by atoms with Crippen LogP contribution in [0.25, 0.3) is 22.3 Å². The minimum atomic E-state index is -0.801. The van der Waals surface area contributed by atoms with Gasteiger partial charge in [-0.15, -0.1) is 0 Å². The third-order valence-electron chi connectivity index (χ3n) is 8.29. The molecule has 4 heterocycles. The summed E-state index contributed by atoms with van der Waals surface area (Å²) in [6.45, 7) is 2.55. The number of carboxylic acids is 1. The second-order valence-electron chi connectivity index (χ2n) is 11.1. The number of unbranched alkanes of at least 4 members (excludes halogenated alkanes) is 1. The Morgan fingerprint density at radius 3 is 2.39 bits per heavy atom. The summed E-state index contributed by atoms with van der Waals surface area (Å²) >= 11 is 6.11. The second-order valence-corrected chi connectivity index (χ2v) is 11.5. The van der Waals surface area contributed by atoms with Gasteiger partial charge >= 0.3 is 5.97 Å². The lowest BCUT2D eigenvalue weighted by Gasteiger charge is -2.51. The average Bonchev–Trinajstić information content (AvgIpc) is 2.99. The van der Waals surface area contributed by atoms with Crippen LogP contribution in [0.1, 0.15) is 53.7 Å². The predicted octanol–water partition coefficient (Wildman–Crippen LogP) is 6.24. The maximum atomic E-state index is 13.8. The number of nitrogens with zero attached hydrogens (tertiary/aromatic N) is 4. The van der Waals surface area contributed by atoms with Gasteiger partial charge in [-0.1, -0.05) is 54.1 Å². The van der Waals surface area contributed by atoms with E-state index in [-0.39, 0.29) is 18.4 Å². The number of hydrogen-bond acceptors (Lipinski definition) is 5. The Kier molecular flexibility index (Phi) is 7.99. The van der Waals surface area contributed by atoms with Crippen LogP contribution >= 0.6 is 11.6 Å². The third kappa shape index (κ3) is 6.11. The van der Waals surface area contributed by atoms with Crippen LogP contribution in [-0.4, -0.2) is 61.9 Å². The van der Waals surface area contributed by atoms with Gasteiger partial charge in [-0.05, 0) is 68.0 Å². The van der Waals surface area contributed by atoms with Gasteiger partial charge in [0.15, 0.2) is 0 Å². The molecular weight excluding hydrogens is 536 g/mol. The summed E-state index contributed by atoms with van der Waals surface area (Å²) < 4.78 is 0. The molecule has 2 unspecified atom stereocenters. The van der Waals surface area contributed by atoms with Gasteiger partial charge in [0.25, 0.3) is 5.91 Å². The first-order valence-corrected chi connectivity index (χ1v) is 14.7. The van der Waals surface area contributed by atoms with Crippen LogP contribution in [-0.2, 0) is 17.8 Å². The van der Waals surface area contributed by atoms with E-state index in [4.69, 9.17) is 26.7 Å². The van der Waals surface area contributed by atoms with Crippen LogP contribution < -0.4 is 0 Å². The van der Waals surface area contributed by atoms with E-state index in [2.05, 4.69) is 34.1 Å². The minimum Gasteiger partial charge on any atom is -0.481 e. The molecule has 8 heteroatoms. The van der Waals surface area contributed by atoms with Crippen LogP contribution in [0.4, 0.5) is 0 Å². The van der Waals surface area contributed by atoms with Crippen LogP contribution in [0.5, 0.6) is 0 Å². The van der Waals surface area contributed by atoms with E-state index in [0.29, 0.717) is 41.4 Å². The summed E-state index contributed by atoms with van der Waals surface area (Å²) in [5.74, 6) is -0.752. The van der Waals surface area contributed by atoms with Gasteiger partial charge in [0.2, 0.25) is 0 Å². The van der Waals surface area contributed by atoms with Crippen molar-refractivity contribution < 1.29 is 14.7 Å². The molecule has 3 fully saturated rings. The van der Waals surface area contributed by atoms with Gasteiger partial charge in [0, 0.05) is 54.3 Å². The normalized spacial score (nSPS) is 18.6. The van der Waals surface area contributed by atoms with Crippen LogP contribution in [0.2, 0.25) is 5.02 Å². The van der Waals surface area contributed by atoms with Crippen molar-refractivity contribution in [1.82, 2.24) is 19.8 Å². The monoisotopic (exact) mass is 568 g/mol. The molecule has 1 N–H and O–H groups in total. The predicted molar refractivity (Wildman–Crippen MR) is 160 cm³/mol. The molecule has 0 spiro atoms. The number of aryl methyl sites for hydroxylation is 1. The van der Waals surface area contributed by atoms with Gasteiger partial charge < -0.3 is 10.0 Å². The summed E-state index contributed by atoms with van der Waals surface area (Å²) in [5, 5.41) is 9.68. The SMILES string of the molecule is O=C(O)CCCCc1nc2cc(C(=O)N3CC4CCC3CN4Cc3ccccc3)ccc2nc1-c1ccc(Cl)cc1. The maximum absolute atomic E-state index is 13.8. The lowest BCUT2D eigenvalue weighted by molar-refractivity contribution is -0.137. The van der Waals surface area contributed by atoms with E-state index >= 15 is 0 Å². The zero-order valence-electron chi connectivity index (χ0n) is 22.9. The van der Waals surface area contributed by atoms with Gasteiger partial charge in [-0.25, -0.2) is 9.97 Å². The quantitative estimate of drug-likeness (QED) is 0.241. The summed E-state index contributed by atoms with van der Waals surface area (Å²) in [6.07, 6.45) is 4.11. The molecule has 210 valence electrons. The Labute approximate surface area is 244 Å². The molecule has 2 bridgehead atoms. The van der Waals surface area contributed by atoms with E-state index in [1.165, 1.54) is 5.56 Å². The van der Waals surface area contributed by atoms with E-state index < -0.39 is 5.97 Å². The standard InChI is InChI=1S/C33H33ClN4O3/c34-25-13-10-23(11-14-25)32-29(8-4-5-9-31(39)40)35-30-18-24(12-17-28(30)36-32)33(41)38-21-26-15-16-27(38)20-37(26)19-22-6-2-1-3-7-22/h1-3,6-7,10-14,17-18,26-27H,4-5,8-9,15-16,19-21H2,(H,39,40). The molecule has 3 aromatic carbocycles. The van der Waals surface area contributed by atoms with E-state index in [1.807, 2.05) is 48.5 Å². The fraction of sp³-hybridized carbons (Fsp3) is 0.333. The van der Waals surface area contributed by atoms with E-state index in [0.717, 1.165) is 54.9 Å². The van der Waals surface area contributed by atoms with Crippen molar-refractivity contribution in [3.63, 3.8) is 0 Å². The number of halogens is 1. The molecule has 2 atom stereocenters. The van der Waals surface area contributed by atoms with E-state index in [9.17, 15) is 9.59 Å². The number of amides is 1. The minimum absolute atomic E-state index is 0.0487. The number of rotatable bonds is 9. The molecule has 0 saturated carbocycles. The fourth-order valence-electron chi connectivity index (χ4n) is 6.15. The molecular formula is C33H33ClN4O3. The largest absolute Gasteiger partial charge is 0.481 e. The van der Waals surface area contributed by atoms with Crippen molar-refractivity contribution in [3.8, 4) is 11.3 Å². The molecule has 7 rings (SSSR count).